The number of nitrogens with one attached hydrogen (secondary N) is 1. The first kappa shape index (κ1) is 13.3. The number of unbranched alkanes of at least 4 members (excludes halogenated alkanes) is 1. The van der Waals surface area contributed by atoms with E-state index in [-0.39, 0.29) is 5.91 Å². The highest BCUT2D eigenvalue weighted by Gasteiger charge is 2.03. The second-order valence-electron chi connectivity index (χ2n) is 4.60. The van der Waals surface area contributed by atoms with Gasteiger partial charge in [0.25, 0.3) is 0 Å². The van der Waals surface area contributed by atoms with Gasteiger partial charge in [0.15, 0.2) is 0 Å². The molecule has 19 heavy (non-hydrogen) atoms. The summed E-state index contributed by atoms with van der Waals surface area (Å²) in [5.74, 6) is 0.0899. The van der Waals surface area contributed by atoms with E-state index in [1.165, 1.54) is 0 Å². The SMILES string of the molecule is CCCCC(=O)Nc1cccc(-c2ccccc2)c1. The van der Waals surface area contributed by atoms with Crippen molar-refractivity contribution in [3.05, 3.63) is 54.6 Å². The molecule has 0 heterocycles. The monoisotopic (exact) mass is 253 g/mol. The molecule has 1 amide bonds. The first-order valence-corrected chi connectivity index (χ1v) is 6.75. The molecule has 0 radical (unpaired) electrons. The maximum Gasteiger partial charge on any atom is 0.224 e. The smallest absolute Gasteiger partial charge is 0.224 e. The van der Waals surface area contributed by atoms with Crippen LogP contribution >= 0.6 is 0 Å². The fraction of sp³-hybridized carbons (Fsp3) is 0.235. The summed E-state index contributed by atoms with van der Waals surface area (Å²) in [6.07, 6.45) is 2.56. The third-order valence-electron chi connectivity index (χ3n) is 3.01. The van der Waals surface area contributed by atoms with Crippen LogP contribution in [0.3, 0.4) is 0 Å². The van der Waals surface area contributed by atoms with Crippen LogP contribution in [0, 0.1) is 0 Å². The summed E-state index contributed by atoms with van der Waals surface area (Å²) in [5.41, 5.74) is 3.14. The lowest BCUT2D eigenvalue weighted by molar-refractivity contribution is -0.116. The van der Waals surface area contributed by atoms with E-state index in [0.717, 1.165) is 29.7 Å². The van der Waals surface area contributed by atoms with Gasteiger partial charge in [-0.05, 0) is 29.7 Å². The first-order valence-electron chi connectivity index (χ1n) is 6.75. The predicted molar refractivity (Wildman–Crippen MR) is 80.0 cm³/mol. The van der Waals surface area contributed by atoms with Crippen molar-refractivity contribution in [2.45, 2.75) is 26.2 Å². The van der Waals surface area contributed by atoms with Gasteiger partial charge in [-0.25, -0.2) is 0 Å². The van der Waals surface area contributed by atoms with Gasteiger partial charge < -0.3 is 5.32 Å². The number of carbonyl (C=O) groups is 1. The molecule has 0 aliphatic rings. The topological polar surface area (TPSA) is 29.1 Å². The van der Waals surface area contributed by atoms with Crippen molar-refractivity contribution in [1.82, 2.24) is 0 Å². The number of hydrogen-bond acceptors (Lipinski definition) is 1. The number of anilines is 1. The van der Waals surface area contributed by atoms with Crippen molar-refractivity contribution in [3.63, 3.8) is 0 Å². The summed E-state index contributed by atoms with van der Waals surface area (Å²) in [6.45, 7) is 2.09. The molecule has 2 aromatic rings. The molecule has 0 aliphatic carbocycles. The molecule has 0 aromatic heterocycles. The van der Waals surface area contributed by atoms with E-state index in [1.54, 1.807) is 0 Å². The zero-order valence-electron chi connectivity index (χ0n) is 11.2. The van der Waals surface area contributed by atoms with Crippen LogP contribution < -0.4 is 5.32 Å². The van der Waals surface area contributed by atoms with E-state index in [0.29, 0.717) is 6.42 Å². The Balaban J connectivity index is 2.10. The van der Waals surface area contributed by atoms with Gasteiger partial charge in [-0.1, -0.05) is 55.8 Å². The lowest BCUT2D eigenvalue weighted by atomic mass is 10.1. The van der Waals surface area contributed by atoms with Crippen molar-refractivity contribution >= 4 is 11.6 Å². The number of rotatable bonds is 5. The second-order valence-corrected chi connectivity index (χ2v) is 4.60. The summed E-state index contributed by atoms with van der Waals surface area (Å²) in [5, 5.41) is 2.95. The highest BCUT2D eigenvalue weighted by atomic mass is 16.1. The number of amides is 1. The predicted octanol–water partition coefficient (Wildman–Crippen LogP) is 4.48. The van der Waals surface area contributed by atoms with Crippen LogP contribution in [0.25, 0.3) is 11.1 Å². The first-order chi connectivity index (χ1) is 9.29. The Bertz CT molecular complexity index is 534. The molecule has 0 saturated heterocycles. The fourth-order valence-corrected chi connectivity index (χ4v) is 1.97. The second kappa shape index (κ2) is 6.74. The summed E-state index contributed by atoms with van der Waals surface area (Å²) in [4.78, 5) is 11.7. The molecule has 2 aromatic carbocycles. The normalized spacial score (nSPS) is 10.2. The van der Waals surface area contributed by atoms with Crippen molar-refractivity contribution in [2.75, 3.05) is 5.32 Å². The number of hydrogen-bond donors (Lipinski definition) is 1. The summed E-state index contributed by atoms with van der Waals surface area (Å²) in [7, 11) is 0. The maximum atomic E-state index is 11.7. The minimum absolute atomic E-state index is 0.0899. The summed E-state index contributed by atoms with van der Waals surface area (Å²) < 4.78 is 0. The molecule has 0 unspecified atom stereocenters. The van der Waals surface area contributed by atoms with E-state index < -0.39 is 0 Å². The van der Waals surface area contributed by atoms with Gasteiger partial charge in [-0.15, -0.1) is 0 Å². The van der Waals surface area contributed by atoms with E-state index >= 15 is 0 Å². The van der Waals surface area contributed by atoms with Gasteiger partial charge in [-0.2, -0.15) is 0 Å². The van der Waals surface area contributed by atoms with Crippen LogP contribution in [-0.4, -0.2) is 5.91 Å². The zero-order chi connectivity index (χ0) is 13.5. The van der Waals surface area contributed by atoms with E-state index in [1.807, 2.05) is 36.4 Å². The number of benzene rings is 2. The average Bonchev–Trinajstić information content (AvgIpc) is 2.46. The molecule has 2 nitrogen and oxygen atoms in total. The Morgan fingerprint density at radius 3 is 2.47 bits per heavy atom. The van der Waals surface area contributed by atoms with Crippen molar-refractivity contribution in [2.24, 2.45) is 0 Å². The Hall–Kier alpha value is -2.09. The van der Waals surface area contributed by atoms with Crippen LogP contribution in [0.1, 0.15) is 26.2 Å². The quantitative estimate of drug-likeness (QED) is 0.836. The van der Waals surface area contributed by atoms with Crippen molar-refractivity contribution in [1.29, 1.82) is 0 Å². The Kier molecular flexibility index (Phi) is 4.73. The largest absolute Gasteiger partial charge is 0.326 e. The maximum absolute atomic E-state index is 11.7. The third-order valence-corrected chi connectivity index (χ3v) is 3.01. The van der Waals surface area contributed by atoms with Gasteiger partial charge in [0.1, 0.15) is 0 Å². The molecule has 0 aliphatic heterocycles. The lowest BCUT2D eigenvalue weighted by Crippen LogP contribution is -2.10. The van der Waals surface area contributed by atoms with Gasteiger partial charge in [0.05, 0.1) is 0 Å². The molecule has 0 spiro atoms. The number of carbonyl (C=O) groups excluding carboxylic acids is 1. The van der Waals surface area contributed by atoms with Gasteiger partial charge >= 0.3 is 0 Å². The van der Waals surface area contributed by atoms with Crippen LogP contribution in [0.4, 0.5) is 5.69 Å². The molecule has 0 atom stereocenters. The molecular formula is C17H19NO. The molecule has 2 rings (SSSR count). The summed E-state index contributed by atoms with van der Waals surface area (Å²) in [6, 6.07) is 18.1. The van der Waals surface area contributed by atoms with Crippen molar-refractivity contribution < 1.29 is 4.79 Å². The summed E-state index contributed by atoms with van der Waals surface area (Å²) >= 11 is 0. The Morgan fingerprint density at radius 2 is 1.74 bits per heavy atom. The fourth-order valence-electron chi connectivity index (χ4n) is 1.97. The lowest BCUT2D eigenvalue weighted by Gasteiger charge is -2.07. The standard InChI is InChI=1S/C17H19NO/c1-2-3-12-17(19)18-16-11-7-10-15(13-16)14-8-5-4-6-9-14/h4-11,13H,2-3,12H2,1H3,(H,18,19). The van der Waals surface area contributed by atoms with Crippen molar-refractivity contribution in [3.8, 4) is 11.1 Å². The van der Waals surface area contributed by atoms with Crippen LogP contribution in [0.2, 0.25) is 0 Å². The molecular weight excluding hydrogens is 234 g/mol. The molecule has 0 bridgehead atoms. The van der Waals surface area contributed by atoms with Gasteiger partial charge in [0, 0.05) is 12.1 Å². The van der Waals surface area contributed by atoms with Crippen LogP contribution in [0.5, 0.6) is 0 Å². The van der Waals surface area contributed by atoms with Crippen LogP contribution in [-0.2, 0) is 4.79 Å². The minimum atomic E-state index is 0.0899. The molecule has 0 saturated carbocycles. The zero-order valence-corrected chi connectivity index (χ0v) is 11.2. The molecule has 1 N–H and O–H groups in total. The Morgan fingerprint density at radius 1 is 1.00 bits per heavy atom. The molecule has 98 valence electrons. The average molecular weight is 253 g/mol. The van der Waals surface area contributed by atoms with E-state index in [9.17, 15) is 4.79 Å². The molecule has 2 heteroatoms. The Labute approximate surface area is 114 Å². The highest BCUT2D eigenvalue weighted by Crippen LogP contribution is 2.22. The minimum Gasteiger partial charge on any atom is -0.326 e. The van der Waals surface area contributed by atoms with E-state index in [4.69, 9.17) is 0 Å². The molecule has 0 fully saturated rings. The third kappa shape index (κ3) is 3.95. The highest BCUT2D eigenvalue weighted by molar-refractivity contribution is 5.91. The van der Waals surface area contributed by atoms with Gasteiger partial charge in [-0.3, -0.25) is 4.79 Å². The van der Waals surface area contributed by atoms with E-state index in [2.05, 4.69) is 30.4 Å². The van der Waals surface area contributed by atoms with Crippen LogP contribution in [0.15, 0.2) is 54.6 Å². The van der Waals surface area contributed by atoms with Gasteiger partial charge in [0.2, 0.25) is 5.91 Å².